The molecule has 0 amide bonds. The van der Waals surface area contributed by atoms with Crippen LogP contribution in [0.1, 0.15) is 43.7 Å². The lowest BCUT2D eigenvalue weighted by Gasteiger charge is -2.28. The Bertz CT molecular complexity index is 932. The quantitative estimate of drug-likeness (QED) is 0.498. The van der Waals surface area contributed by atoms with E-state index in [-0.39, 0.29) is 5.41 Å². The molecule has 2 aromatic carbocycles. The molecule has 1 aliphatic rings. The first kappa shape index (κ1) is 22.3. The fourth-order valence-corrected chi connectivity index (χ4v) is 4.81. The Kier molecular flexibility index (Phi) is 7.53. The molecule has 5 nitrogen and oxygen atoms in total. The highest BCUT2D eigenvalue weighted by Gasteiger charge is 2.35. The number of nitrogens with one attached hydrogen (secondary N) is 2. The number of sulfone groups is 1. The maximum absolute atomic E-state index is 11.6. The van der Waals surface area contributed by atoms with Crippen LogP contribution in [0.4, 0.5) is 0 Å². The topological polar surface area (TPSA) is 70.6 Å². The Balaban J connectivity index is 1.62. The van der Waals surface area contributed by atoms with Crippen molar-refractivity contribution in [2.45, 2.75) is 49.3 Å². The molecule has 6 heteroatoms. The lowest BCUT2D eigenvalue weighted by atomic mass is 9.79. The normalized spacial score (nSPS) is 16.4. The zero-order valence-corrected chi connectivity index (χ0v) is 18.8. The van der Waals surface area contributed by atoms with Crippen molar-refractivity contribution in [2.75, 3.05) is 25.9 Å². The van der Waals surface area contributed by atoms with E-state index in [1.54, 1.807) is 12.1 Å². The van der Waals surface area contributed by atoms with Crippen molar-refractivity contribution in [3.63, 3.8) is 0 Å². The maximum Gasteiger partial charge on any atom is 0.191 e. The highest BCUT2D eigenvalue weighted by Crippen LogP contribution is 2.41. The van der Waals surface area contributed by atoms with Gasteiger partial charge in [-0.15, -0.1) is 0 Å². The SMILES string of the molecule is CCNC(=NCC1(c2ccccc2)CCCC1)NCCc1ccc(S(C)(=O)=O)cc1. The van der Waals surface area contributed by atoms with Crippen LogP contribution >= 0.6 is 0 Å². The van der Waals surface area contributed by atoms with Crippen molar-refractivity contribution in [2.24, 2.45) is 4.99 Å². The van der Waals surface area contributed by atoms with E-state index in [4.69, 9.17) is 4.99 Å². The van der Waals surface area contributed by atoms with Crippen molar-refractivity contribution in [3.05, 3.63) is 65.7 Å². The van der Waals surface area contributed by atoms with Gasteiger partial charge in [0.25, 0.3) is 0 Å². The van der Waals surface area contributed by atoms with Crippen LogP contribution in [-0.4, -0.2) is 40.3 Å². The lowest BCUT2D eigenvalue weighted by molar-refractivity contribution is 0.452. The van der Waals surface area contributed by atoms with Crippen LogP contribution in [0.5, 0.6) is 0 Å². The van der Waals surface area contributed by atoms with Gasteiger partial charge in [0, 0.05) is 24.8 Å². The van der Waals surface area contributed by atoms with Crippen molar-refractivity contribution in [1.29, 1.82) is 0 Å². The number of rotatable bonds is 8. The minimum absolute atomic E-state index is 0.144. The molecular weight excluding hydrogens is 394 g/mol. The van der Waals surface area contributed by atoms with Gasteiger partial charge in [0.1, 0.15) is 0 Å². The Morgan fingerprint density at radius 1 is 1.00 bits per heavy atom. The Hall–Kier alpha value is -2.34. The summed E-state index contributed by atoms with van der Waals surface area (Å²) in [5.41, 5.74) is 2.64. The molecule has 0 heterocycles. The standard InChI is InChI=1S/C24H33N3O2S/c1-3-25-23(26-18-15-20-11-13-22(14-12-20)30(2,28)29)27-19-24(16-7-8-17-24)21-9-5-4-6-10-21/h4-6,9-14H,3,7-8,15-19H2,1-2H3,(H2,25,26,27). The number of nitrogens with zero attached hydrogens (tertiary/aromatic N) is 1. The van der Waals surface area contributed by atoms with E-state index in [1.807, 2.05) is 12.1 Å². The molecule has 0 aliphatic heterocycles. The molecule has 162 valence electrons. The molecule has 2 aromatic rings. The summed E-state index contributed by atoms with van der Waals surface area (Å²) >= 11 is 0. The molecule has 1 aliphatic carbocycles. The molecule has 1 saturated carbocycles. The fourth-order valence-electron chi connectivity index (χ4n) is 4.18. The van der Waals surface area contributed by atoms with Gasteiger partial charge in [-0.2, -0.15) is 0 Å². The fraction of sp³-hybridized carbons (Fsp3) is 0.458. The largest absolute Gasteiger partial charge is 0.357 e. The summed E-state index contributed by atoms with van der Waals surface area (Å²) in [6.07, 6.45) is 6.93. The van der Waals surface area contributed by atoms with Gasteiger partial charge in [-0.25, -0.2) is 8.42 Å². The second kappa shape index (κ2) is 10.1. The lowest BCUT2D eigenvalue weighted by Crippen LogP contribution is -2.39. The first-order chi connectivity index (χ1) is 14.4. The molecule has 3 rings (SSSR count). The van der Waals surface area contributed by atoms with Crippen LogP contribution in [0.15, 0.2) is 64.5 Å². The number of guanidine groups is 1. The van der Waals surface area contributed by atoms with Gasteiger partial charge in [-0.1, -0.05) is 55.3 Å². The average molecular weight is 428 g/mol. The molecule has 0 radical (unpaired) electrons. The van der Waals surface area contributed by atoms with Gasteiger partial charge in [-0.05, 0) is 49.4 Å². The predicted molar refractivity (Wildman–Crippen MR) is 124 cm³/mol. The molecule has 0 bridgehead atoms. The molecule has 1 fully saturated rings. The van der Waals surface area contributed by atoms with Gasteiger partial charge in [0.15, 0.2) is 15.8 Å². The highest BCUT2D eigenvalue weighted by atomic mass is 32.2. The summed E-state index contributed by atoms with van der Waals surface area (Å²) in [5.74, 6) is 0.840. The molecular formula is C24H33N3O2S. The van der Waals surface area contributed by atoms with Crippen molar-refractivity contribution < 1.29 is 8.42 Å². The summed E-state index contributed by atoms with van der Waals surface area (Å²) in [6.45, 7) is 4.41. The Labute approximate surface area is 180 Å². The average Bonchev–Trinajstić information content (AvgIpc) is 3.23. The van der Waals surface area contributed by atoms with E-state index < -0.39 is 9.84 Å². The smallest absolute Gasteiger partial charge is 0.191 e. The summed E-state index contributed by atoms with van der Waals surface area (Å²) in [4.78, 5) is 5.29. The second-order valence-electron chi connectivity index (χ2n) is 8.14. The van der Waals surface area contributed by atoms with E-state index in [0.29, 0.717) is 4.90 Å². The second-order valence-corrected chi connectivity index (χ2v) is 10.2. The molecule has 0 spiro atoms. The van der Waals surface area contributed by atoms with Crippen LogP contribution in [0.3, 0.4) is 0 Å². The van der Waals surface area contributed by atoms with E-state index in [9.17, 15) is 8.42 Å². The minimum atomic E-state index is -3.15. The van der Waals surface area contributed by atoms with E-state index in [2.05, 4.69) is 47.9 Å². The van der Waals surface area contributed by atoms with Crippen LogP contribution in [0.25, 0.3) is 0 Å². The predicted octanol–water partition coefficient (Wildman–Crippen LogP) is 3.70. The Morgan fingerprint density at radius 3 is 2.27 bits per heavy atom. The molecule has 0 atom stereocenters. The Morgan fingerprint density at radius 2 is 1.67 bits per heavy atom. The number of benzene rings is 2. The number of hydrogen-bond acceptors (Lipinski definition) is 3. The molecule has 30 heavy (non-hydrogen) atoms. The summed E-state index contributed by atoms with van der Waals surface area (Å²) in [6, 6.07) is 17.9. The zero-order chi connectivity index (χ0) is 21.5. The maximum atomic E-state index is 11.6. The van der Waals surface area contributed by atoms with Crippen molar-refractivity contribution in [1.82, 2.24) is 10.6 Å². The van der Waals surface area contributed by atoms with Crippen LogP contribution in [0, 0.1) is 0 Å². The summed E-state index contributed by atoms with van der Waals surface area (Å²) in [5, 5.41) is 6.78. The number of aliphatic imine (C=N–C) groups is 1. The van der Waals surface area contributed by atoms with Crippen molar-refractivity contribution >= 4 is 15.8 Å². The number of hydrogen-bond donors (Lipinski definition) is 2. The first-order valence-corrected chi connectivity index (χ1v) is 12.7. The van der Waals surface area contributed by atoms with Crippen LogP contribution < -0.4 is 10.6 Å². The monoisotopic (exact) mass is 427 g/mol. The molecule has 0 saturated heterocycles. The van der Waals surface area contributed by atoms with Crippen molar-refractivity contribution in [3.8, 4) is 0 Å². The third kappa shape index (κ3) is 5.85. The molecule has 0 unspecified atom stereocenters. The van der Waals surface area contributed by atoms with Gasteiger partial charge in [-0.3, -0.25) is 4.99 Å². The van der Waals surface area contributed by atoms with E-state index >= 15 is 0 Å². The molecule has 2 N–H and O–H groups in total. The van der Waals surface area contributed by atoms with Crippen LogP contribution in [-0.2, 0) is 21.7 Å². The van der Waals surface area contributed by atoms with E-state index in [0.717, 1.165) is 37.6 Å². The first-order valence-electron chi connectivity index (χ1n) is 10.8. The van der Waals surface area contributed by atoms with Gasteiger partial charge >= 0.3 is 0 Å². The summed E-state index contributed by atoms with van der Waals surface area (Å²) < 4.78 is 23.2. The summed E-state index contributed by atoms with van der Waals surface area (Å²) in [7, 11) is -3.15. The third-order valence-corrected chi connectivity index (χ3v) is 7.02. The zero-order valence-electron chi connectivity index (χ0n) is 18.0. The highest BCUT2D eigenvalue weighted by molar-refractivity contribution is 7.90. The third-order valence-electron chi connectivity index (χ3n) is 5.89. The van der Waals surface area contributed by atoms with Gasteiger partial charge in [0.05, 0.1) is 11.4 Å². The molecule has 0 aromatic heterocycles. The van der Waals surface area contributed by atoms with Gasteiger partial charge < -0.3 is 10.6 Å². The van der Waals surface area contributed by atoms with E-state index in [1.165, 1.54) is 37.5 Å². The minimum Gasteiger partial charge on any atom is -0.357 e. The van der Waals surface area contributed by atoms with Gasteiger partial charge in [0.2, 0.25) is 0 Å². The van der Waals surface area contributed by atoms with Crippen LogP contribution in [0.2, 0.25) is 0 Å².